The Morgan fingerprint density at radius 3 is 2.74 bits per heavy atom. The Hall–Kier alpha value is -2.57. The van der Waals surface area contributed by atoms with Gasteiger partial charge in [-0.15, -0.1) is 0 Å². The molecular formula is C12H13NO6. The lowest BCUT2D eigenvalue weighted by molar-refractivity contribution is -0.385. The van der Waals surface area contributed by atoms with Crippen molar-refractivity contribution >= 4 is 11.7 Å². The van der Waals surface area contributed by atoms with Gasteiger partial charge >= 0.3 is 11.7 Å². The summed E-state index contributed by atoms with van der Waals surface area (Å²) in [5, 5.41) is 19.4. The number of nitro benzene ring substituents is 1. The molecule has 1 aromatic carbocycles. The Morgan fingerprint density at radius 2 is 2.21 bits per heavy atom. The van der Waals surface area contributed by atoms with E-state index < -0.39 is 10.9 Å². The fourth-order valence-corrected chi connectivity index (χ4v) is 1.33. The lowest BCUT2D eigenvalue weighted by atomic mass is 10.2. The van der Waals surface area contributed by atoms with Gasteiger partial charge in [-0.3, -0.25) is 10.1 Å². The van der Waals surface area contributed by atoms with Crippen LogP contribution in [-0.4, -0.2) is 29.7 Å². The van der Waals surface area contributed by atoms with Crippen molar-refractivity contribution in [3.63, 3.8) is 0 Å². The molecule has 0 saturated heterocycles. The van der Waals surface area contributed by atoms with E-state index in [1.807, 2.05) is 0 Å². The average molecular weight is 267 g/mol. The zero-order valence-corrected chi connectivity index (χ0v) is 10.5. The van der Waals surface area contributed by atoms with Gasteiger partial charge in [0.1, 0.15) is 12.4 Å². The van der Waals surface area contributed by atoms with Gasteiger partial charge < -0.3 is 14.6 Å². The Kier molecular flexibility index (Phi) is 4.87. The molecule has 0 aromatic heterocycles. The van der Waals surface area contributed by atoms with Crippen molar-refractivity contribution in [2.45, 2.75) is 6.92 Å². The minimum absolute atomic E-state index is 0.0301. The quantitative estimate of drug-likeness (QED) is 0.481. The number of carbonyl (C=O) groups is 1. The number of hydrogen-bond donors (Lipinski definition) is 1. The first-order valence-corrected chi connectivity index (χ1v) is 5.29. The third-order valence-corrected chi connectivity index (χ3v) is 2.19. The van der Waals surface area contributed by atoms with Gasteiger partial charge in [0, 0.05) is 18.2 Å². The minimum atomic E-state index is -1.10. The Balaban J connectivity index is 2.92. The predicted molar refractivity (Wildman–Crippen MR) is 66.5 cm³/mol. The van der Waals surface area contributed by atoms with Crippen LogP contribution in [0.5, 0.6) is 11.5 Å². The first-order valence-electron chi connectivity index (χ1n) is 5.29. The number of hydrogen-bond acceptors (Lipinski definition) is 5. The summed E-state index contributed by atoms with van der Waals surface area (Å²) in [4.78, 5) is 20.7. The summed E-state index contributed by atoms with van der Waals surface area (Å²) in [5.41, 5.74) is 0.230. The van der Waals surface area contributed by atoms with Gasteiger partial charge in [-0.05, 0) is 18.6 Å². The number of aliphatic carboxylic acids is 1. The molecule has 1 rings (SSSR count). The van der Waals surface area contributed by atoms with Crippen molar-refractivity contribution in [1.82, 2.24) is 0 Å². The molecule has 1 N–H and O–H groups in total. The number of nitrogens with zero attached hydrogens (tertiary/aromatic N) is 1. The average Bonchev–Trinajstić information content (AvgIpc) is 2.34. The maximum Gasteiger partial charge on any atom is 0.328 e. The van der Waals surface area contributed by atoms with Crippen LogP contribution in [0.4, 0.5) is 5.69 Å². The molecule has 0 spiro atoms. The van der Waals surface area contributed by atoms with E-state index in [0.717, 1.165) is 6.08 Å². The van der Waals surface area contributed by atoms with Gasteiger partial charge in [0.2, 0.25) is 5.75 Å². The van der Waals surface area contributed by atoms with Crippen molar-refractivity contribution in [3.05, 3.63) is 40.0 Å². The van der Waals surface area contributed by atoms with E-state index in [0.29, 0.717) is 11.3 Å². The van der Waals surface area contributed by atoms with Crippen LogP contribution in [0.2, 0.25) is 0 Å². The molecule has 0 heterocycles. The van der Waals surface area contributed by atoms with Crippen LogP contribution in [0, 0.1) is 10.1 Å². The monoisotopic (exact) mass is 267 g/mol. The largest absolute Gasteiger partial charge is 0.497 e. The van der Waals surface area contributed by atoms with E-state index in [4.69, 9.17) is 14.6 Å². The summed E-state index contributed by atoms with van der Waals surface area (Å²) in [6.45, 7) is 1.50. The second kappa shape index (κ2) is 6.39. The molecule has 7 heteroatoms. The van der Waals surface area contributed by atoms with Gasteiger partial charge in [0.15, 0.2) is 0 Å². The molecule has 0 aliphatic carbocycles. The van der Waals surface area contributed by atoms with Crippen molar-refractivity contribution in [2.24, 2.45) is 0 Å². The summed E-state index contributed by atoms with van der Waals surface area (Å²) in [5.74, 6) is -0.649. The summed E-state index contributed by atoms with van der Waals surface area (Å²) in [6, 6.07) is 4.10. The highest BCUT2D eigenvalue weighted by Crippen LogP contribution is 2.31. The fourth-order valence-electron chi connectivity index (χ4n) is 1.33. The van der Waals surface area contributed by atoms with Crippen LogP contribution in [0.3, 0.4) is 0 Å². The predicted octanol–water partition coefficient (Wildman–Crippen LogP) is 2.01. The van der Waals surface area contributed by atoms with Gasteiger partial charge in [0.05, 0.1) is 12.0 Å². The van der Waals surface area contributed by atoms with Gasteiger partial charge in [-0.1, -0.05) is 0 Å². The standard InChI is InChI=1S/C12H13NO6/c1-8(5-12(14)15)7-19-11-6-9(18-2)3-4-10(11)13(16)17/h3-6H,7H2,1-2H3,(H,14,15)/b8-5+. The number of carboxylic acids is 1. The van der Waals surface area contributed by atoms with E-state index in [9.17, 15) is 14.9 Å². The van der Waals surface area contributed by atoms with Crippen LogP contribution in [0.25, 0.3) is 0 Å². The third kappa shape index (κ3) is 4.30. The highest BCUT2D eigenvalue weighted by atomic mass is 16.6. The first-order chi connectivity index (χ1) is 8.93. The Labute approximate surface area is 109 Å². The zero-order chi connectivity index (χ0) is 14.4. The number of methoxy groups -OCH3 is 1. The molecule has 1 aromatic rings. The van der Waals surface area contributed by atoms with E-state index in [2.05, 4.69) is 0 Å². The lowest BCUT2D eigenvalue weighted by Crippen LogP contribution is -2.03. The highest BCUT2D eigenvalue weighted by Gasteiger charge is 2.16. The van der Waals surface area contributed by atoms with Crippen LogP contribution in [0.1, 0.15) is 6.92 Å². The van der Waals surface area contributed by atoms with Crippen molar-refractivity contribution < 1.29 is 24.3 Å². The number of carboxylic acid groups (broad SMARTS) is 1. The molecule has 0 bridgehead atoms. The number of rotatable bonds is 6. The SMILES string of the molecule is COc1ccc([N+](=O)[O-])c(OC/C(C)=C/C(=O)O)c1. The van der Waals surface area contributed by atoms with Gasteiger partial charge in [-0.25, -0.2) is 4.79 Å². The molecule has 7 nitrogen and oxygen atoms in total. The molecule has 19 heavy (non-hydrogen) atoms. The Morgan fingerprint density at radius 1 is 1.53 bits per heavy atom. The van der Waals surface area contributed by atoms with Gasteiger partial charge in [-0.2, -0.15) is 0 Å². The fraction of sp³-hybridized carbons (Fsp3) is 0.250. The molecule has 0 amide bonds. The molecule has 102 valence electrons. The Bertz CT molecular complexity index is 523. The molecule has 0 fully saturated rings. The van der Waals surface area contributed by atoms with Crippen LogP contribution in [0.15, 0.2) is 29.8 Å². The summed E-state index contributed by atoms with van der Waals surface area (Å²) in [7, 11) is 1.43. The number of nitro groups is 1. The van der Waals surface area contributed by atoms with Gasteiger partial charge in [0.25, 0.3) is 0 Å². The maximum absolute atomic E-state index is 10.8. The summed E-state index contributed by atoms with van der Waals surface area (Å²) in [6.07, 6.45) is 0.978. The second-order valence-electron chi connectivity index (χ2n) is 3.71. The minimum Gasteiger partial charge on any atom is -0.497 e. The van der Waals surface area contributed by atoms with E-state index >= 15 is 0 Å². The lowest BCUT2D eigenvalue weighted by Gasteiger charge is -2.08. The van der Waals surface area contributed by atoms with E-state index in [1.54, 1.807) is 6.92 Å². The molecule has 0 unspecified atom stereocenters. The van der Waals surface area contributed by atoms with E-state index in [-0.39, 0.29) is 18.0 Å². The van der Waals surface area contributed by atoms with Crippen molar-refractivity contribution in [2.75, 3.05) is 13.7 Å². The molecule has 0 atom stereocenters. The maximum atomic E-state index is 10.8. The molecule has 0 aliphatic heterocycles. The highest BCUT2D eigenvalue weighted by molar-refractivity contribution is 5.80. The van der Waals surface area contributed by atoms with Crippen LogP contribution >= 0.6 is 0 Å². The van der Waals surface area contributed by atoms with E-state index in [1.165, 1.54) is 25.3 Å². The summed E-state index contributed by atoms with van der Waals surface area (Å²) < 4.78 is 10.2. The smallest absolute Gasteiger partial charge is 0.328 e. The molecule has 0 radical (unpaired) electrons. The zero-order valence-electron chi connectivity index (χ0n) is 10.5. The topological polar surface area (TPSA) is 98.9 Å². The third-order valence-electron chi connectivity index (χ3n) is 2.19. The second-order valence-corrected chi connectivity index (χ2v) is 3.71. The van der Waals surface area contributed by atoms with Crippen molar-refractivity contribution in [3.8, 4) is 11.5 Å². The first kappa shape index (κ1) is 14.5. The molecule has 0 aliphatic rings. The molecular weight excluding hydrogens is 254 g/mol. The van der Waals surface area contributed by atoms with Crippen molar-refractivity contribution in [1.29, 1.82) is 0 Å². The normalized spacial score (nSPS) is 10.9. The van der Waals surface area contributed by atoms with Crippen LogP contribution < -0.4 is 9.47 Å². The van der Waals surface area contributed by atoms with Crippen LogP contribution in [-0.2, 0) is 4.79 Å². The summed E-state index contributed by atoms with van der Waals surface area (Å²) >= 11 is 0. The number of ether oxygens (including phenoxy) is 2. The molecule has 0 saturated carbocycles. The number of benzene rings is 1.